The lowest BCUT2D eigenvalue weighted by atomic mass is 9.87. The first-order valence-electron chi connectivity index (χ1n) is 9.62. The molecule has 1 aliphatic heterocycles. The second-order valence-corrected chi connectivity index (χ2v) is 8.69. The summed E-state index contributed by atoms with van der Waals surface area (Å²) in [5, 5.41) is 5.47. The van der Waals surface area contributed by atoms with Crippen LogP contribution >= 0.6 is 0 Å². The molecule has 2 N–H and O–H groups in total. The topological polar surface area (TPSA) is 78.5 Å². The molecular weight excluding hydrogens is 366 g/mol. The van der Waals surface area contributed by atoms with Gasteiger partial charge in [0.05, 0.1) is 0 Å². The molecule has 6 heteroatoms. The van der Waals surface area contributed by atoms with Gasteiger partial charge >= 0.3 is 6.03 Å². The second-order valence-electron chi connectivity index (χ2n) is 8.69. The van der Waals surface area contributed by atoms with E-state index in [1.54, 1.807) is 6.92 Å². The van der Waals surface area contributed by atoms with Crippen molar-refractivity contribution < 1.29 is 14.4 Å². The van der Waals surface area contributed by atoms with Crippen LogP contribution in [-0.4, -0.2) is 29.3 Å². The number of hydrogen-bond donors (Lipinski definition) is 2. The zero-order valence-corrected chi connectivity index (χ0v) is 17.5. The van der Waals surface area contributed by atoms with Gasteiger partial charge in [-0.3, -0.25) is 14.5 Å². The van der Waals surface area contributed by atoms with Crippen LogP contribution in [0.4, 0.5) is 10.5 Å². The maximum absolute atomic E-state index is 12.9. The number of nitrogens with zero attached hydrogens (tertiary/aromatic N) is 1. The number of benzene rings is 2. The molecule has 2 aromatic rings. The van der Waals surface area contributed by atoms with Crippen LogP contribution in [0.25, 0.3) is 0 Å². The Morgan fingerprint density at radius 2 is 1.62 bits per heavy atom. The highest BCUT2D eigenvalue weighted by atomic mass is 16.2. The molecule has 1 fully saturated rings. The Balaban J connectivity index is 1.69. The van der Waals surface area contributed by atoms with Crippen molar-refractivity contribution in [2.45, 2.75) is 45.6 Å². The van der Waals surface area contributed by atoms with Crippen molar-refractivity contribution in [3.05, 3.63) is 65.2 Å². The first-order valence-corrected chi connectivity index (χ1v) is 9.62. The molecule has 0 radical (unpaired) electrons. The van der Waals surface area contributed by atoms with E-state index in [0.717, 1.165) is 16.0 Å². The molecule has 152 valence electrons. The van der Waals surface area contributed by atoms with E-state index >= 15 is 0 Å². The van der Waals surface area contributed by atoms with Crippen molar-refractivity contribution in [1.29, 1.82) is 0 Å². The van der Waals surface area contributed by atoms with Gasteiger partial charge in [0.25, 0.3) is 5.91 Å². The van der Waals surface area contributed by atoms with Crippen LogP contribution in [-0.2, 0) is 20.5 Å². The number of urea groups is 1. The molecular formula is C23H27N3O3. The van der Waals surface area contributed by atoms with Crippen LogP contribution in [0.3, 0.4) is 0 Å². The molecule has 2 aromatic carbocycles. The van der Waals surface area contributed by atoms with Crippen LogP contribution in [0.15, 0.2) is 48.5 Å². The number of nitrogens with one attached hydrogen (secondary N) is 2. The van der Waals surface area contributed by atoms with E-state index in [1.165, 1.54) is 0 Å². The summed E-state index contributed by atoms with van der Waals surface area (Å²) in [5.74, 6) is -0.866. The molecule has 1 heterocycles. The molecule has 0 unspecified atom stereocenters. The van der Waals surface area contributed by atoms with Crippen LogP contribution < -0.4 is 10.6 Å². The molecule has 1 aliphatic rings. The first-order chi connectivity index (χ1) is 13.5. The Kier molecular flexibility index (Phi) is 5.22. The molecule has 6 nitrogen and oxygen atoms in total. The summed E-state index contributed by atoms with van der Waals surface area (Å²) in [5.41, 5.74) is 2.35. The minimum atomic E-state index is -1.18. The van der Waals surface area contributed by atoms with Crippen molar-refractivity contribution in [3.63, 3.8) is 0 Å². The molecule has 1 saturated heterocycles. The standard InChI is InChI=1S/C23H27N3O3/c1-15-6-8-17(9-7-15)23(5)20(28)26(21(29)25-23)14-19(27)24-18-12-10-16(11-13-18)22(2,3)4/h6-13H,14H2,1-5H3,(H,24,27)(H,25,29)/t23-/m1/s1. The average molecular weight is 393 g/mol. The Bertz CT molecular complexity index is 943. The van der Waals surface area contributed by atoms with Crippen molar-refractivity contribution >= 4 is 23.5 Å². The molecule has 0 saturated carbocycles. The Morgan fingerprint density at radius 3 is 2.17 bits per heavy atom. The molecule has 0 spiro atoms. The van der Waals surface area contributed by atoms with Gasteiger partial charge in [0, 0.05) is 5.69 Å². The number of carbonyl (C=O) groups excluding carboxylic acids is 3. The van der Waals surface area contributed by atoms with E-state index < -0.39 is 23.4 Å². The highest BCUT2D eigenvalue weighted by molar-refractivity contribution is 6.10. The molecule has 0 aromatic heterocycles. The smallest absolute Gasteiger partial charge is 0.325 e. The minimum Gasteiger partial charge on any atom is -0.325 e. The zero-order valence-electron chi connectivity index (χ0n) is 17.5. The molecule has 1 atom stereocenters. The zero-order chi connectivity index (χ0) is 21.4. The van der Waals surface area contributed by atoms with Crippen molar-refractivity contribution in [1.82, 2.24) is 10.2 Å². The van der Waals surface area contributed by atoms with E-state index in [1.807, 2.05) is 55.5 Å². The van der Waals surface area contributed by atoms with Gasteiger partial charge in [0.2, 0.25) is 5.91 Å². The first kappa shape index (κ1) is 20.6. The fraction of sp³-hybridized carbons (Fsp3) is 0.348. The number of imide groups is 1. The van der Waals surface area contributed by atoms with E-state index in [2.05, 4.69) is 31.4 Å². The maximum Gasteiger partial charge on any atom is 0.325 e. The third kappa shape index (κ3) is 4.16. The van der Waals surface area contributed by atoms with Gasteiger partial charge in [-0.2, -0.15) is 0 Å². The molecule has 29 heavy (non-hydrogen) atoms. The number of amides is 4. The monoisotopic (exact) mass is 393 g/mol. The summed E-state index contributed by atoms with van der Waals surface area (Å²) in [4.78, 5) is 38.7. The van der Waals surface area contributed by atoms with Gasteiger partial charge in [0.15, 0.2) is 0 Å². The average Bonchev–Trinajstić information content (AvgIpc) is 2.86. The number of hydrogen-bond acceptors (Lipinski definition) is 3. The Labute approximate surface area is 171 Å². The number of anilines is 1. The predicted molar refractivity (Wildman–Crippen MR) is 113 cm³/mol. The van der Waals surface area contributed by atoms with Crippen LogP contribution in [0.2, 0.25) is 0 Å². The van der Waals surface area contributed by atoms with Gasteiger partial charge in [-0.15, -0.1) is 0 Å². The van der Waals surface area contributed by atoms with E-state index in [-0.39, 0.29) is 12.0 Å². The minimum absolute atomic E-state index is 0.0169. The summed E-state index contributed by atoms with van der Waals surface area (Å²) in [6.07, 6.45) is 0. The lowest BCUT2D eigenvalue weighted by molar-refractivity contribution is -0.133. The fourth-order valence-electron chi connectivity index (χ4n) is 3.32. The molecule has 0 bridgehead atoms. The van der Waals surface area contributed by atoms with Crippen LogP contribution in [0.5, 0.6) is 0 Å². The van der Waals surface area contributed by atoms with Crippen LogP contribution in [0.1, 0.15) is 44.4 Å². The SMILES string of the molecule is Cc1ccc([C@@]2(C)NC(=O)N(CC(=O)Nc3ccc(C(C)(C)C)cc3)C2=O)cc1. The third-order valence-corrected chi connectivity index (χ3v) is 5.24. The number of carbonyl (C=O) groups is 3. The largest absolute Gasteiger partial charge is 0.325 e. The molecule has 3 rings (SSSR count). The highest BCUT2D eigenvalue weighted by Gasteiger charge is 2.49. The summed E-state index contributed by atoms with van der Waals surface area (Å²) in [6.45, 7) is 9.61. The molecule has 4 amide bonds. The number of aryl methyl sites for hydroxylation is 1. The lowest BCUT2D eigenvalue weighted by Crippen LogP contribution is -2.42. The van der Waals surface area contributed by atoms with Gasteiger partial charge < -0.3 is 10.6 Å². The quantitative estimate of drug-likeness (QED) is 0.778. The lowest BCUT2D eigenvalue weighted by Gasteiger charge is -2.22. The highest BCUT2D eigenvalue weighted by Crippen LogP contribution is 2.29. The second kappa shape index (κ2) is 7.35. The Morgan fingerprint density at radius 1 is 1.03 bits per heavy atom. The van der Waals surface area contributed by atoms with Gasteiger partial charge in [-0.25, -0.2) is 4.79 Å². The van der Waals surface area contributed by atoms with Gasteiger partial charge in [-0.1, -0.05) is 62.7 Å². The van der Waals surface area contributed by atoms with Crippen molar-refractivity contribution in [2.24, 2.45) is 0 Å². The maximum atomic E-state index is 12.9. The van der Waals surface area contributed by atoms with Gasteiger partial charge in [0.1, 0.15) is 12.1 Å². The fourth-order valence-corrected chi connectivity index (χ4v) is 3.32. The molecule has 0 aliphatic carbocycles. The van der Waals surface area contributed by atoms with E-state index in [0.29, 0.717) is 11.3 Å². The summed E-state index contributed by atoms with van der Waals surface area (Å²) in [7, 11) is 0. The predicted octanol–water partition coefficient (Wildman–Crippen LogP) is 3.70. The summed E-state index contributed by atoms with van der Waals surface area (Å²) >= 11 is 0. The van der Waals surface area contributed by atoms with Crippen LogP contribution in [0, 0.1) is 6.92 Å². The van der Waals surface area contributed by atoms with Crippen molar-refractivity contribution in [3.8, 4) is 0 Å². The summed E-state index contributed by atoms with van der Waals surface area (Å²) in [6, 6.07) is 14.4. The van der Waals surface area contributed by atoms with Crippen molar-refractivity contribution in [2.75, 3.05) is 11.9 Å². The van der Waals surface area contributed by atoms with E-state index in [9.17, 15) is 14.4 Å². The third-order valence-electron chi connectivity index (χ3n) is 5.24. The van der Waals surface area contributed by atoms with E-state index in [4.69, 9.17) is 0 Å². The number of rotatable bonds is 4. The normalized spacial score (nSPS) is 19.3. The van der Waals surface area contributed by atoms with Gasteiger partial charge in [-0.05, 0) is 42.5 Å². The Hall–Kier alpha value is -3.15. The summed E-state index contributed by atoms with van der Waals surface area (Å²) < 4.78 is 0.